The van der Waals surface area contributed by atoms with Gasteiger partial charge in [-0.2, -0.15) is 10.2 Å². The normalized spacial score (nSPS) is 22.2. The molecule has 3 heterocycles. The summed E-state index contributed by atoms with van der Waals surface area (Å²) in [5.74, 6) is 0.727. The standard InChI is InChI=1S/C17H19FN4O3/c1-11-9-23-4-5-24-10-16(18)22-8-12(7-19-22)17-14-6-13(25-11)2-3-15(14)20-21-17/h2-3,6-8,11,16H,4-5,9-10H2,1H3,(H,20,21)/t11-,16-/m1/s1. The number of halogens is 1. The summed E-state index contributed by atoms with van der Waals surface area (Å²) in [6, 6.07) is 5.71. The van der Waals surface area contributed by atoms with Crippen molar-refractivity contribution in [3.8, 4) is 17.0 Å². The van der Waals surface area contributed by atoms with Crippen molar-refractivity contribution in [3.05, 3.63) is 30.6 Å². The van der Waals surface area contributed by atoms with Crippen LogP contribution in [0.1, 0.15) is 13.2 Å². The van der Waals surface area contributed by atoms with Gasteiger partial charge in [0, 0.05) is 17.1 Å². The molecule has 2 atom stereocenters. The van der Waals surface area contributed by atoms with E-state index < -0.39 is 6.30 Å². The Hall–Kier alpha value is -2.45. The van der Waals surface area contributed by atoms with Crippen LogP contribution in [-0.2, 0) is 9.47 Å². The number of nitrogens with one attached hydrogen (secondary N) is 1. The number of hydrogen-bond acceptors (Lipinski definition) is 5. The second kappa shape index (κ2) is 6.81. The van der Waals surface area contributed by atoms with E-state index in [4.69, 9.17) is 14.2 Å². The smallest absolute Gasteiger partial charge is 0.214 e. The Kier molecular flexibility index (Phi) is 4.37. The molecule has 0 radical (unpaired) electrons. The van der Waals surface area contributed by atoms with Crippen molar-refractivity contribution in [2.75, 3.05) is 26.4 Å². The highest BCUT2D eigenvalue weighted by atomic mass is 19.1. The predicted molar refractivity (Wildman–Crippen MR) is 89.2 cm³/mol. The van der Waals surface area contributed by atoms with Gasteiger partial charge in [0.15, 0.2) is 0 Å². The lowest BCUT2D eigenvalue weighted by Gasteiger charge is -2.15. The van der Waals surface area contributed by atoms with E-state index in [9.17, 15) is 4.39 Å². The maximum Gasteiger partial charge on any atom is 0.214 e. The van der Waals surface area contributed by atoms with Crippen LogP contribution in [0.3, 0.4) is 0 Å². The fourth-order valence-electron chi connectivity index (χ4n) is 2.79. The van der Waals surface area contributed by atoms with E-state index in [2.05, 4.69) is 15.3 Å². The van der Waals surface area contributed by atoms with Crippen molar-refractivity contribution in [3.63, 3.8) is 0 Å². The number of ether oxygens (including phenoxy) is 3. The average molecular weight is 346 g/mol. The molecule has 1 aromatic carbocycles. The highest BCUT2D eigenvalue weighted by Gasteiger charge is 2.16. The maximum absolute atomic E-state index is 14.2. The second-order valence-electron chi connectivity index (χ2n) is 6.00. The first-order valence-corrected chi connectivity index (χ1v) is 8.19. The van der Waals surface area contributed by atoms with Gasteiger partial charge in [0.1, 0.15) is 17.5 Å². The molecule has 0 spiro atoms. The molecule has 2 aromatic heterocycles. The molecule has 1 N–H and O–H groups in total. The Morgan fingerprint density at radius 1 is 1.24 bits per heavy atom. The molecule has 0 unspecified atom stereocenters. The number of aromatic amines is 1. The van der Waals surface area contributed by atoms with Gasteiger partial charge in [-0.25, -0.2) is 9.07 Å². The van der Waals surface area contributed by atoms with Crippen LogP contribution in [0.5, 0.6) is 5.75 Å². The van der Waals surface area contributed by atoms with E-state index >= 15 is 0 Å². The third kappa shape index (κ3) is 3.35. The second-order valence-corrected chi connectivity index (χ2v) is 6.00. The monoisotopic (exact) mass is 346 g/mol. The number of rotatable bonds is 0. The van der Waals surface area contributed by atoms with Crippen LogP contribution < -0.4 is 4.74 Å². The van der Waals surface area contributed by atoms with Gasteiger partial charge in [-0.1, -0.05) is 0 Å². The fraction of sp³-hybridized carbons (Fsp3) is 0.412. The fourth-order valence-corrected chi connectivity index (χ4v) is 2.79. The number of aromatic nitrogens is 4. The van der Waals surface area contributed by atoms with Crippen LogP contribution in [0.2, 0.25) is 0 Å². The number of H-pyrrole nitrogens is 1. The van der Waals surface area contributed by atoms with Crippen LogP contribution >= 0.6 is 0 Å². The van der Waals surface area contributed by atoms with Gasteiger partial charge in [0.2, 0.25) is 6.30 Å². The molecule has 1 aliphatic heterocycles. The van der Waals surface area contributed by atoms with E-state index in [0.717, 1.165) is 22.2 Å². The number of fused-ring (bicyclic) bond motifs is 4. The molecule has 132 valence electrons. The molecule has 0 saturated carbocycles. The van der Waals surface area contributed by atoms with E-state index in [1.165, 1.54) is 4.68 Å². The number of hydrogen-bond donors (Lipinski definition) is 1. The summed E-state index contributed by atoms with van der Waals surface area (Å²) in [6.45, 7) is 2.99. The van der Waals surface area contributed by atoms with Crippen LogP contribution in [-0.4, -0.2) is 52.5 Å². The molecular weight excluding hydrogens is 327 g/mol. The van der Waals surface area contributed by atoms with Crippen LogP contribution in [0.25, 0.3) is 22.2 Å². The van der Waals surface area contributed by atoms with Gasteiger partial charge >= 0.3 is 0 Å². The van der Waals surface area contributed by atoms with Crippen molar-refractivity contribution in [1.82, 2.24) is 20.0 Å². The molecular formula is C17H19FN4O3. The molecule has 0 saturated heterocycles. The summed E-state index contributed by atoms with van der Waals surface area (Å²) in [5, 5.41) is 12.3. The summed E-state index contributed by atoms with van der Waals surface area (Å²) in [5.41, 5.74) is 2.31. The first-order valence-electron chi connectivity index (χ1n) is 8.19. The lowest BCUT2D eigenvalue weighted by atomic mass is 10.1. The van der Waals surface area contributed by atoms with Crippen LogP contribution in [0, 0.1) is 0 Å². The molecule has 25 heavy (non-hydrogen) atoms. The molecule has 0 amide bonds. The van der Waals surface area contributed by atoms with Crippen molar-refractivity contribution in [1.29, 1.82) is 0 Å². The minimum Gasteiger partial charge on any atom is -0.488 e. The third-order valence-electron chi connectivity index (χ3n) is 4.01. The minimum atomic E-state index is -1.36. The van der Waals surface area contributed by atoms with Gasteiger partial charge in [-0.05, 0) is 25.1 Å². The molecule has 3 aromatic rings. The highest BCUT2D eigenvalue weighted by Crippen LogP contribution is 2.30. The average Bonchev–Trinajstić information content (AvgIpc) is 3.23. The Bertz CT molecular complexity index is 863. The van der Waals surface area contributed by atoms with Gasteiger partial charge in [-0.15, -0.1) is 0 Å². The van der Waals surface area contributed by atoms with Crippen molar-refractivity contribution in [2.45, 2.75) is 19.3 Å². The maximum atomic E-state index is 14.2. The first kappa shape index (κ1) is 16.0. The summed E-state index contributed by atoms with van der Waals surface area (Å²) >= 11 is 0. The zero-order valence-electron chi connectivity index (χ0n) is 13.8. The molecule has 4 bridgehead atoms. The van der Waals surface area contributed by atoms with Crippen LogP contribution in [0.15, 0.2) is 30.6 Å². The molecule has 4 rings (SSSR count). The number of benzene rings is 1. The topological polar surface area (TPSA) is 74.2 Å². The zero-order chi connectivity index (χ0) is 17.2. The molecule has 0 aliphatic carbocycles. The quantitative estimate of drug-likeness (QED) is 0.677. The summed E-state index contributed by atoms with van der Waals surface area (Å²) in [6.07, 6.45) is 1.75. The zero-order valence-corrected chi connectivity index (χ0v) is 13.8. The molecule has 8 heteroatoms. The Morgan fingerprint density at radius 3 is 2.96 bits per heavy atom. The predicted octanol–water partition coefficient (Wildman–Crippen LogP) is 2.71. The molecule has 1 aliphatic rings. The Balaban J connectivity index is 1.73. The van der Waals surface area contributed by atoms with Crippen LogP contribution in [0.4, 0.5) is 4.39 Å². The molecule has 7 nitrogen and oxygen atoms in total. The van der Waals surface area contributed by atoms with Crippen molar-refractivity contribution < 1.29 is 18.6 Å². The molecule has 0 fully saturated rings. The van der Waals surface area contributed by atoms with E-state index in [1.54, 1.807) is 12.4 Å². The van der Waals surface area contributed by atoms with E-state index in [1.807, 2.05) is 25.1 Å². The lowest BCUT2D eigenvalue weighted by Crippen LogP contribution is -2.21. The van der Waals surface area contributed by atoms with Gasteiger partial charge in [0.05, 0.1) is 38.1 Å². The summed E-state index contributed by atoms with van der Waals surface area (Å²) < 4.78 is 32.2. The summed E-state index contributed by atoms with van der Waals surface area (Å²) in [7, 11) is 0. The number of alkyl halides is 1. The van der Waals surface area contributed by atoms with Crippen molar-refractivity contribution in [2.24, 2.45) is 0 Å². The van der Waals surface area contributed by atoms with E-state index in [-0.39, 0.29) is 12.7 Å². The van der Waals surface area contributed by atoms with Gasteiger partial charge < -0.3 is 14.2 Å². The SMILES string of the molecule is C[C@@H]1COCCOC[C@H](F)n2cc(cn2)-c2n[nH]c3ccc(cc23)O1. The Labute approximate surface area is 143 Å². The van der Waals surface area contributed by atoms with Gasteiger partial charge in [-0.3, -0.25) is 5.10 Å². The Morgan fingerprint density at radius 2 is 2.08 bits per heavy atom. The largest absolute Gasteiger partial charge is 0.488 e. The van der Waals surface area contributed by atoms with Gasteiger partial charge in [0.25, 0.3) is 0 Å². The first-order chi connectivity index (χ1) is 12.2. The number of nitrogens with zero attached hydrogens (tertiary/aromatic N) is 3. The highest BCUT2D eigenvalue weighted by molar-refractivity contribution is 5.93. The van der Waals surface area contributed by atoms with E-state index in [0.29, 0.717) is 25.5 Å². The summed E-state index contributed by atoms with van der Waals surface area (Å²) in [4.78, 5) is 0. The third-order valence-corrected chi connectivity index (χ3v) is 4.01. The minimum absolute atomic E-state index is 0.0814. The van der Waals surface area contributed by atoms with Crippen molar-refractivity contribution >= 4 is 10.9 Å². The lowest BCUT2D eigenvalue weighted by molar-refractivity contribution is -0.00845.